The summed E-state index contributed by atoms with van der Waals surface area (Å²) in [5.41, 5.74) is -0.233. The Labute approximate surface area is 157 Å². The van der Waals surface area contributed by atoms with Gasteiger partial charge >= 0.3 is 0 Å². The molecule has 0 aliphatic rings. The quantitative estimate of drug-likeness (QED) is 0.639. The molecule has 1 amide bonds. The molecule has 26 heavy (non-hydrogen) atoms. The maximum absolute atomic E-state index is 11.9. The molecule has 0 fully saturated rings. The minimum Gasteiger partial charge on any atom is -0.484 e. The molecule has 3 aromatic rings. The molecule has 0 aliphatic heterocycles. The summed E-state index contributed by atoms with van der Waals surface area (Å²) >= 11 is 3.23. The van der Waals surface area contributed by atoms with Crippen molar-refractivity contribution in [2.75, 3.05) is 11.9 Å². The molecule has 7 heteroatoms. The highest BCUT2D eigenvalue weighted by atomic mass is 79.9. The van der Waals surface area contributed by atoms with Crippen LogP contribution >= 0.6 is 15.9 Å². The van der Waals surface area contributed by atoms with Crippen molar-refractivity contribution >= 4 is 27.5 Å². The molecule has 0 saturated heterocycles. The minimum absolute atomic E-state index is 0.152. The number of pyridine rings is 1. The van der Waals surface area contributed by atoms with Gasteiger partial charge in [0.15, 0.2) is 6.61 Å². The molecule has 3 rings (SSSR count). The van der Waals surface area contributed by atoms with E-state index in [0.717, 1.165) is 5.75 Å². The van der Waals surface area contributed by atoms with Crippen LogP contribution in [-0.2, 0) is 4.79 Å². The van der Waals surface area contributed by atoms with Gasteiger partial charge in [-0.1, -0.05) is 18.2 Å². The first-order valence-corrected chi connectivity index (χ1v) is 8.53. The van der Waals surface area contributed by atoms with Gasteiger partial charge in [0.25, 0.3) is 11.5 Å². The minimum atomic E-state index is -0.432. The van der Waals surface area contributed by atoms with Gasteiger partial charge in [-0.05, 0) is 58.4 Å². The van der Waals surface area contributed by atoms with Crippen LogP contribution < -0.4 is 20.3 Å². The molecule has 6 nitrogen and oxygen atoms in total. The molecule has 0 atom stereocenters. The number of benzene rings is 2. The second-order valence-electron chi connectivity index (χ2n) is 5.28. The van der Waals surface area contributed by atoms with Gasteiger partial charge in [0.05, 0.1) is 0 Å². The Balaban J connectivity index is 1.53. The van der Waals surface area contributed by atoms with E-state index >= 15 is 0 Å². The molecule has 0 saturated carbocycles. The Morgan fingerprint density at radius 2 is 1.65 bits per heavy atom. The summed E-state index contributed by atoms with van der Waals surface area (Å²) in [6, 6.07) is 17.8. The standard InChI is InChI=1S/C19H15BrN2O4/c20-13-10-17(19(24)21-11-13)22-18(23)12-25-14-6-8-16(9-7-14)26-15-4-2-1-3-5-15/h1-11H,12H2,(H,21,24)(H,22,23). The molecule has 0 unspecified atom stereocenters. The first kappa shape index (κ1) is 17.8. The van der Waals surface area contributed by atoms with Crippen molar-refractivity contribution in [2.45, 2.75) is 0 Å². The van der Waals surface area contributed by atoms with Gasteiger partial charge in [-0.25, -0.2) is 0 Å². The predicted octanol–water partition coefficient (Wildman–Crippen LogP) is 3.95. The van der Waals surface area contributed by atoms with E-state index in [1.807, 2.05) is 30.3 Å². The fourth-order valence-electron chi connectivity index (χ4n) is 2.11. The number of rotatable bonds is 6. The number of amides is 1. The number of aromatic nitrogens is 1. The van der Waals surface area contributed by atoms with E-state index in [1.165, 1.54) is 12.3 Å². The third-order valence-corrected chi connectivity index (χ3v) is 3.77. The fourth-order valence-corrected chi connectivity index (χ4v) is 2.46. The lowest BCUT2D eigenvalue weighted by Crippen LogP contribution is -2.24. The number of carbonyl (C=O) groups excluding carboxylic acids is 1. The summed E-state index contributed by atoms with van der Waals surface area (Å²) < 4.78 is 11.8. The van der Waals surface area contributed by atoms with Crippen LogP contribution in [0.15, 0.2) is 76.1 Å². The van der Waals surface area contributed by atoms with Gasteiger partial charge in [0.1, 0.15) is 22.9 Å². The number of nitrogens with one attached hydrogen (secondary N) is 2. The maximum atomic E-state index is 11.9. The van der Waals surface area contributed by atoms with Crippen LogP contribution in [0.1, 0.15) is 0 Å². The van der Waals surface area contributed by atoms with E-state index < -0.39 is 5.91 Å². The number of aromatic amines is 1. The molecule has 1 heterocycles. The number of carbonyl (C=O) groups is 1. The van der Waals surface area contributed by atoms with Gasteiger partial charge in [0, 0.05) is 10.7 Å². The lowest BCUT2D eigenvalue weighted by atomic mass is 10.3. The van der Waals surface area contributed by atoms with E-state index in [-0.39, 0.29) is 17.9 Å². The van der Waals surface area contributed by atoms with E-state index in [4.69, 9.17) is 9.47 Å². The number of hydrogen-bond donors (Lipinski definition) is 2. The summed E-state index contributed by atoms with van der Waals surface area (Å²) in [6.07, 6.45) is 1.49. The first-order chi connectivity index (χ1) is 12.6. The molecule has 1 aromatic heterocycles. The smallest absolute Gasteiger partial charge is 0.271 e. The lowest BCUT2D eigenvalue weighted by molar-refractivity contribution is -0.118. The molecule has 0 aliphatic carbocycles. The zero-order valence-corrected chi connectivity index (χ0v) is 15.2. The normalized spacial score (nSPS) is 10.2. The van der Waals surface area contributed by atoms with E-state index in [0.29, 0.717) is 16.0 Å². The zero-order chi connectivity index (χ0) is 18.4. The topological polar surface area (TPSA) is 80.4 Å². The summed E-state index contributed by atoms with van der Waals surface area (Å²) in [5, 5.41) is 2.50. The van der Waals surface area contributed by atoms with Crippen molar-refractivity contribution in [1.82, 2.24) is 4.98 Å². The van der Waals surface area contributed by atoms with Gasteiger partial charge < -0.3 is 19.8 Å². The van der Waals surface area contributed by atoms with Crippen LogP contribution in [0.5, 0.6) is 17.2 Å². The van der Waals surface area contributed by atoms with Crippen LogP contribution in [-0.4, -0.2) is 17.5 Å². The SMILES string of the molecule is O=C(COc1ccc(Oc2ccccc2)cc1)Nc1cc(Br)c[nH]c1=O. The fraction of sp³-hybridized carbons (Fsp3) is 0.0526. The second kappa shape index (κ2) is 8.35. The summed E-state index contributed by atoms with van der Waals surface area (Å²) in [4.78, 5) is 26.1. The average Bonchev–Trinajstić information content (AvgIpc) is 2.65. The van der Waals surface area contributed by atoms with E-state index in [9.17, 15) is 9.59 Å². The molecule has 0 bridgehead atoms. The summed E-state index contributed by atoms with van der Waals surface area (Å²) in [7, 11) is 0. The third-order valence-electron chi connectivity index (χ3n) is 3.31. The van der Waals surface area contributed by atoms with E-state index in [1.54, 1.807) is 24.3 Å². The van der Waals surface area contributed by atoms with E-state index in [2.05, 4.69) is 26.2 Å². The van der Waals surface area contributed by atoms with Gasteiger partial charge in [-0.3, -0.25) is 9.59 Å². The number of anilines is 1. The maximum Gasteiger partial charge on any atom is 0.271 e. The van der Waals surface area contributed by atoms with Crippen molar-refractivity contribution in [3.8, 4) is 17.2 Å². The Morgan fingerprint density at radius 3 is 2.38 bits per heavy atom. The lowest BCUT2D eigenvalue weighted by Gasteiger charge is -2.09. The predicted molar refractivity (Wildman–Crippen MR) is 102 cm³/mol. The number of hydrogen-bond acceptors (Lipinski definition) is 4. The Kier molecular flexibility index (Phi) is 5.70. The van der Waals surface area contributed by atoms with Crippen LogP contribution in [0.25, 0.3) is 0 Å². The highest BCUT2D eigenvalue weighted by molar-refractivity contribution is 9.10. The Morgan fingerprint density at radius 1 is 1.00 bits per heavy atom. The molecule has 2 N–H and O–H groups in total. The van der Waals surface area contributed by atoms with Crippen LogP contribution in [0.4, 0.5) is 5.69 Å². The molecule has 132 valence electrons. The molecule has 0 radical (unpaired) electrons. The van der Waals surface area contributed by atoms with Crippen LogP contribution in [0, 0.1) is 0 Å². The molecule has 2 aromatic carbocycles. The monoisotopic (exact) mass is 414 g/mol. The Hall–Kier alpha value is -3.06. The highest BCUT2D eigenvalue weighted by Crippen LogP contribution is 2.23. The molecular formula is C19H15BrN2O4. The third kappa shape index (κ3) is 4.97. The average molecular weight is 415 g/mol. The van der Waals surface area contributed by atoms with Gasteiger partial charge in [-0.15, -0.1) is 0 Å². The molecule has 0 spiro atoms. The van der Waals surface area contributed by atoms with Crippen molar-refractivity contribution in [2.24, 2.45) is 0 Å². The van der Waals surface area contributed by atoms with Crippen molar-refractivity contribution in [1.29, 1.82) is 0 Å². The van der Waals surface area contributed by atoms with Crippen LogP contribution in [0.2, 0.25) is 0 Å². The second-order valence-corrected chi connectivity index (χ2v) is 6.20. The van der Waals surface area contributed by atoms with Crippen molar-refractivity contribution in [3.05, 3.63) is 81.7 Å². The first-order valence-electron chi connectivity index (χ1n) is 7.74. The van der Waals surface area contributed by atoms with Gasteiger partial charge in [-0.2, -0.15) is 0 Å². The van der Waals surface area contributed by atoms with Crippen molar-refractivity contribution < 1.29 is 14.3 Å². The zero-order valence-electron chi connectivity index (χ0n) is 13.6. The number of H-pyrrole nitrogens is 1. The number of para-hydroxylation sites is 1. The largest absolute Gasteiger partial charge is 0.484 e. The van der Waals surface area contributed by atoms with Crippen LogP contribution in [0.3, 0.4) is 0 Å². The summed E-state index contributed by atoms with van der Waals surface area (Å²) in [6.45, 7) is -0.217. The van der Waals surface area contributed by atoms with Crippen molar-refractivity contribution in [3.63, 3.8) is 0 Å². The highest BCUT2D eigenvalue weighted by Gasteiger charge is 2.07. The number of ether oxygens (including phenoxy) is 2. The Bertz CT molecular complexity index is 940. The summed E-state index contributed by atoms with van der Waals surface area (Å²) in [5.74, 6) is 1.48. The number of halogens is 1. The van der Waals surface area contributed by atoms with Gasteiger partial charge in [0.2, 0.25) is 0 Å². The molecular weight excluding hydrogens is 400 g/mol.